The third-order valence-corrected chi connectivity index (χ3v) is 2.92. The van der Waals surface area contributed by atoms with Gasteiger partial charge in [-0.05, 0) is 26.8 Å². The molecule has 0 saturated heterocycles. The molecule has 1 amide bonds. The van der Waals surface area contributed by atoms with Crippen LogP contribution in [-0.4, -0.2) is 34.9 Å². The van der Waals surface area contributed by atoms with E-state index < -0.39 is 17.7 Å². The van der Waals surface area contributed by atoms with Gasteiger partial charge in [-0.25, -0.2) is 9.78 Å². The first-order valence-electron chi connectivity index (χ1n) is 5.87. The smallest absolute Gasteiger partial charge is 0.410 e. The number of carbonyl (C=O) groups excluding carboxylic acids is 2. The fourth-order valence-electron chi connectivity index (χ4n) is 1.47. The molecule has 0 fully saturated rings. The van der Waals surface area contributed by atoms with E-state index in [9.17, 15) is 9.59 Å². The Bertz CT molecular complexity index is 515. The van der Waals surface area contributed by atoms with Crippen LogP contribution in [-0.2, 0) is 9.53 Å². The molecule has 0 aliphatic heterocycles. The number of aromatic nitrogens is 1. The number of nitrogens with zero attached hydrogens (tertiary/aromatic N) is 2. The predicted octanol–water partition coefficient (Wildman–Crippen LogP) is 3.50. The van der Waals surface area contributed by atoms with Crippen LogP contribution in [0.5, 0.6) is 0 Å². The summed E-state index contributed by atoms with van der Waals surface area (Å²) in [7, 11) is 1.46. The molecule has 0 aliphatic carbocycles. The van der Waals surface area contributed by atoms with E-state index >= 15 is 0 Å². The van der Waals surface area contributed by atoms with Crippen LogP contribution >= 0.6 is 23.2 Å². The van der Waals surface area contributed by atoms with Gasteiger partial charge in [0.25, 0.3) is 0 Å². The Kier molecular flexibility index (Phi) is 5.36. The SMILES string of the molecule is CN(C(=O)OC(C)(C)C)C(C=O)c1cc(Cl)ncc1Cl. The number of pyridine rings is 1. The molecule has 0 N–H and O–H groups in total. The zero-order valence-electron chi connectivity index (χ0n) is 11.7. The Hall–Kier alpha value is -1.33. The Morgan fingerprint density at radius 2 is 2.05 bits per heavy atom. The highest BCUT2D eigenvalue weighted by atomic mass is 35.5. The second kappa shape index (κ2) is 6.41. The Morgan fingerprint density at radius 3 is 2.55 bits per heavy atom. The van der Waals surface area contributed by atoms with Gasteiger partial charge in [0.2, 0.25) is 0 Å². The fourth-order valence-corrected chi connectivity index (χ4v) is 1.86. The number of likely N-dealkylation sites (N-methyl/N-ethyl adjacent to an activating group) is 1. The van der Waals surface area contributed by atoms with Crippen molar-refractivity contribution in [2.75, 3.05) is 7.05 Å². The first-order chi connectivity index (χ1) is 9.15. The van der Waals surface area contributed by atoms with Crippen molar-refractivity contribution in [1.82, 2.24) is 9.88 Å². The van der Waals surface area contributed by atoms with E-state index in [-0.39, 0.29) is 10.2 Å². The summed E-state index contributed by atoms with van der Waals surface area (Å²) in [5.41, 5.74) is -0.256. The zero-order chi connectivity index (χ0) is 15.5. The Balaban J connectivity index is 3.04. The molecular formula is C13H16Cl2N2O3. The normalized spacial score (nSPS) is 12.7. The van der Waals surface area contributed by atoms with E-state index in [1.165, 1.54) is 19.3 Å². The third kappa shape index (κ3) is 4.35. The molecule has 0 spiro atoms. The minimum atomic E-state index is -0.891. The second-order valence-electron chi connectivity index (χ2n) is 5.20. The van der Waals surface area contributed by atoms with Crippen LogP contribution in [0.1, 0.15) is 32.4 Å². The van der Waals surface area contributed by atoms with Gasteiger partial charge in [-0.15, -0.1) is 0 Å². The number of aldehydes is 1. The Morgan fingerprint density at radius 1 is 1.45 bits per heavy atom. The highest BCUT2D eigenvalue weighted by Crippen LogP contribution is 2.28. The van der Waals surface area contributed by atoms with E-state index in [0.29, 0.717) is 11.8 Å². The van der Waals surface area contributed by atoms with Crippen LogP contribution in [0.15, 0.2) is 12.3 Å². The van der Waals surface area contributed by atoms with Crippen molar-refractivity contribution in [2.45, 2.75) is 32.4 Å². The van der Waals surface area contributed by atoms with Crippen LogP contribution in [0.2, 0.25) is 10.2 Å². The van der Waals surface area contributed by atoms with Gasteiger partial charge in [0.1, 0.15) is 23.1 Å². The number of ether oxygens (including phenoxy) is 1. The van der Waals surface area contributed by atoms with E-state index in [4.69, 9.17) is 27.9 Å². The molecule has 110 valence electrons. The van der Waals surface area contributed by atoms with Gasteiger partial charge in [-0.1, -0.05) is 23.2 Å². The summed E-state index contributed by atoms with van der Waals surface area (Å²) in [6.45, 7) is 5.22. The maximum Gasteiger partial charge on any atom is 0.410 e. The van der Waals surface area contributed by atoms with Crippen molar-refractivity contribution in [3.8, 4) is 0 Å². The summed E-state index contributed by atoms with van der Waals surface area (Å²) in [5, 5.41) is 0.441. The monoisotopic (exact) mass is 318 g/mol. The molecule has 1 aromatic heterocycles. The van der Waals surface area contributed by atoms with Crippen molar-refractivity contribution in [1.29, 1.82) is 0 Å². The van der Waals surface area contributed by atoms with Crippen LogP contribution in [0.3, 0.4) is 0 Å². The van der Waals surface area contributed by atoms with Crippen molar-refractivity contribution < 1.29 is 14.3 Å². The highest BCUT2D eigenvalue weighted by Gasteiger charge is 2.27. The molecule has 0 bridgehead atoms. The zero-order valence-corrected chi connectivity index (χ0v) is 13.2. The van der Waals surface area contributed by atoms with Gasteiger partial charge in [-0.2, -0.15) is 0 Å². The number of halogens is 2. The molecule has 1 rings (SSSR count). The first kappa shape index (κ1) is 16.7. The number of hydrogen-bond acceptors (Lipinski definition) is 4. The predicted molar refractivity (Wildman–Crippen MR) is 77.1 cm³/mol. The molecular weight excluding hydrogens is 303 g/mol. The van der Waals surface area contributed by atoms with Gasteiger partial charge < -0.3 is 9.53 Å². The molecule has 0 aliphatic rings. The molecule has 7 heteroatoms. The van der Waals surface area contributed by atoms with E-state index in [1.807, 2.05) is 0 Å². The number of amides is 1. The van der Waals surface area contributed by atoms with E-state index in [0.717, 1.165) is 4.90 Å². The van der Waals surface area contributed by atoms with Crippen LogP contribution in [0, 0.1) is 0 Å². The lowest BCUT2D eigenvalue weighted by Crippen LogP contribution is -2.37. The molecule has 0 radical (unpaired) electrons. The lowest BCUT2D eigenvalue weighted by atomic mass is 10.1. The van der Waals surface area contributed by atoms with Crippen molar-refractivity contribution in [3.05, 3.63) is 28.0 Å². The number of rotatable bonds is 3. The quantitative estimate of drug-likeness (QED) is 0.632. The summed E-state index contributed by atoms with van der Waals surface area (Å²) in [5.74, 6) is 0. The highest BCUT2D eigenvalue weighted by molar-refractivity contribution is 6.33. The van der Waals surface area contributed by atoms with Crippen molar-refractivity contribution in [2.24, 2.45) is 0 Å². The van der Waals surface area contributed by atoms with Gasteiger partial charge in [-0.3, -0.25) is 4.90 Å². The van der Waals surface area contributed by atoms with Gasteiger partial charge in [0.15, 0.2) is 0 Å². The lowest BCUT2D eigenvalue weighted by molar-refractivity contribution is -0.112. The standard InChI is InChI=1S/C13H16Cl2N2O3/c1-13(2,3)20-12(19)17(4)10(7-18)8-5-11(15)16-6-9(8)14/h5-7,10H,1-4H3. The molecule has 20 heavy (non-hydrogen) atoms. The fraction of sp³-hybridized carbons (Fsp3) is 0.462. The molecule has 1 atom stereocenters. The van der Waals surface area contributed by atoms with E-state index in [1.54, 1.807) is 20.8 Å². The summed E-state index contributed by atoms with van der Waals surface area (Å²) in [6.07, 6.45) is 1.30. The lowest BCUT2D eigenvalue weighted by Gasteiger charge is -2.28. The topological polar surface area (TPSA) is 59.5 Å². The minimum Gasteiger partial charge on any atom is -0.444 e. The average molecular weight is 319 g/mol. The summed E-state index contributed by atoms with van der Waals surface area (Å²) in [4.78, 5) is 28.3. The van der Waals surface area contributed by atoms with Crippen LogP contribution in [0.4, 0.5) is 4.79 Å². The summed E-state index contributed by atoms with van der Waals surface area (Å²) in [6, 6.07) is 0.557. The van der Waals surface area contributed by atoms with Gasteiger partial charge >= 0.3 is 6.09 Å². The second-order valence-corrected chi connectivity index (χ2v) is 6.00. The molecule has 0 aromatic carbocycles. The Labute approximate surface area is 127 Å². The van der Waals surface area contributed by atoms with E-state index in [2.05, 4.69) is 4.98 Å². The van der Waals surface area contributed by atoms with Crippen LogP contribution < -0.4 is 0 Å². The molecule has 5 nitrogen and oxygen atoms in total. The first-order valence-corrected chi connectivity index (χ1v) is 6.63. The summed E-state index contributed by atoms with van der Waals surface area (Å²) >= 11 is 11.8. The molecule has 1 aromatic rings. The maximum absolute atomic E-state index is 12.0. The molecule has 1 unspecified atom stereocenters. The third-order valence-electron chi connectivity index (χ3n) is 2.40. The number of carbonyl (C=O) groups is 2. The average Bonchev–Trinajstić information content (AvgIpc) is 2.32. The van der Waals surface area contributed by atoms with Gasteiger partial charge in [0.05, 0.1) is 5.02 Å². The molecule has 1 heterocycles. The van der Waals surface area contributed by atoms with Gasteiger partial charge in [0, 0.05) is 18.8 Å². The molecule has 0 saturated carbocycles. The van der Waals surface area contributed by atoms with Crippen molar-refractivity contribution >= 4 is 35.6 Å². The van der Waals surface area contributed by atoms with Crippen LogP contribution in [0.25, 0.3) is 0 Å². The number of hydrogen-bond donors (Lipinski definition) is 0. The van der Waals surface area contributed by atoms with Crippen molar-refractivity contribution in [3.63, 3.8) is 0 Å². The minimum absolute atomic E-state index is 0.189. The summed E-state index contributed by atoms with van der Waals surface area (Å²) < 4.78 is 5.21. The maximum atomic E-state index is 12.0. The largest absolute Gasteiger partial charge is 0.444 e.